The summed E-state index contributed by atoms with van der Waals surface area (Å²) in [6.07, 6.45) is 1.41. The van der Waals surface area contributed by atoms with E-state index in [0.29, 0.717) is 28.2 Å². The standard InChI is InChI=1S/C19H19ClN4O/c1-11-6-12(2)8-15(7-11)25-19-17(21)18(22-10-23-19)24-14-5-4-13(3)16(20)9-14/h4-10H,21H2,1-3H3,(H,22,23,24). The fourth-order valence-corrected chi connectivity index (χ4v) is 2.65. The van der Waals surface area contributed by atoms with Crippen LogP contribution in [0.2, 0.25) is 5.02 Å². The average molecular weight is 355 g/mol. The Morgan fingerprint density at radius 1 is 1.00 bits per heavy atom. The molecule has 128 valence electrons. The van der Waals surface area contributed by atoms with Gasteiger partial charge in [0.1, 0.15) is 17.8 Å². The van der Waals surface area contributed by atoms with Crippen molar-refractivity contribution in [1.82, 2.24) is 9.97 Å². The number of nitrogens with one attached hydrogen (secondary N) is 1. The summed E-state index contributed by atoms with van der Waals surface area (Å²) in [5.41, 5.74) is 10.5. The quantitative estimate of drug-likeness (QED) is 0.675. The summed E-state index contributed by atoms with van der Waals surface area (Å²) >= 11 is 6.16. The van der Waals surface area contributed by atoms with Crippen LogP contribution < -0.4 is 15.8 Å². The van der Waals surface area contributed by atoms with Gasteiger partial charge in [-0.05, 0) is 61.7 Å². The highest BCUT2D eigenvalue weighted by Gasteiger charge is 2.11. The molecule has 1 heterocycles. The van der Waals surface area contributed by atoms with E-state index in [-0.39, 0.29) is 0 Å². The van der Waals surface area contributed by atoms with Gasteiger partial charge in [-0.2, -0.15) is 4.98 Å². The fourth-order valence-electron chi connectivity index (χ4n) is 2.47. The number of nitrogens with two attached hydrogens (primary N) is 1. The Hall–Kier alpha value is -2.79. The topological polar surface area (TPSA) is 73.1 Å². The molecule has 0 bridgehead atoms. The lowest BCUT2D eigenvalue weighted by Gasteiger charge is -2.13. The van der Waals surface area contributed by atoms with Crippen molar-refractivity contribution < 1.29 is 4.74 Å². The number of ether oxygens (including phenoxy) is 1. The smallest absolute Gasteiger partial charge is 0.248 e. The molecular formula is C19H19ClN4O. The number of benzene rings is 2. The third-order valence-electron chi connectivity index (χ3n) is 3.69. The van der Waals surface area contributed by atoms with E-state index < -0.39 is 0 Å². The van der Waals surface area contributed by atoms with Crippen molar-refractivity contribution >= 4 is 28.8 Å². The van der Waals surface area contributed by atoms with E-state index >= 15 is 0 Å². The number of hydrogen-bond acceptors (Lipinski definition) is 5. The van der Waals surface area contributed by atoms with Gasteiger partial charge >= 0.3 is 0 Å². The zero-order valence-corrected chi connectivity index (χ0v) is 15.1. The van der Waals surface area contributed by atoms with Crippen molar-refractivity contribution in [1.29, 1.82) is 0 Å². The first-order valence-electron chi connectivity index (χ1n) is 7.82. The second kappa shape index (κ2) is 6.99. The molecule has 3 rings (SSSR count). The molecule has 0 unspecified atom stereocenters. The van der Waals surface area contributed by atoms with E-state index in [0.717, 1.165) is 22.4 Å². The molecular weight excluding hydrogens is 336 g/mol. The Morgan fingerprint density at radius 3 is 2.40 bits per heavy atom. The van der Waals surface area contributed by atoms with Gasteiger partial charge in [-0.25, -0.2) is 4.98 Å². The lowest BCUT2D eigenvalue weighted by atomic mass is 10.1. The van der Waals surface area contributed by atoms with Gasteiger partial charge in [0.05, 0.1) is 0 Å². The zero-order valence-electron chi connectivity index (χ0n) is 14.3. The number of aromatic nitrogens is 2. The van der Waals surface area contributed by atoms with Crippen LogP contribution >= 0.6 is 11.6 Å². The van der Waals surface area contributed by atoms with E-state index in [1.54, 1.807) is 0 Å². The Labute approximate surface area is 151 Å². The highest BCUT2D eigenvalue weighted by atomic mass is 35.5. The number of nitrogen functional groups attached to an aromatic ring is 1. The van der Waals surface area contributed by atoms with Gasteiger partial charge in [0.25, 0.3) is 0 Å². The first-order chi connectivity index (χ1) is 11.9. The highest BCUT2D eigenvalue weighted by Crippen LogP contribution is 2.32. The summed E-state index contributed by atoms with van der Waals surface area (Å²) in [5, 5.41) is 3.82. The van der Waals surface area contributed by atoms with Crippen molar-refractivity contribution in [2.45, 2.75) is 20.8 Å². The summed E-state index contributed by atoms with van der Waals surface area (Å²) in [6, 6.07) is 11.6. The molecule has 3 N–H and O–H groups in total. The third-order valence-corrected chi connectivity index (χ3v) is 4.10. The van der Waals surface area contributed by atoms with E-state index in [9.17, 15) is 0 Å². The average Bonchev–Trinajstić information content (AvgIpc) is 2.54. The van der Waals surface area contributed by atoms with E-state index in [4.69, 9.17) is 22.1 Å². The van der Waals surface area contributed by atoms with Crippen LogP contribution in [0.3, 0.4) is 0 Å². The second-order valence-electron chi connectivity index (χ2n) is 5.96. The number of anilines is 3. The molecule has 0 saturated carbocycles. The number of halogens is 1. The SMILES string of the molecule is Cc1cc(C)cc(Oc2ncnc(Nc3ccc(C)c(Cl)c3)c2N)c1. The Morgan fingerprint density at radius 2 is 1.72 bits per heavy atom. The van der Waals surface area contributed by atoms with Crippen molar-refractivity contribution in [2.24, 2.45) is 0 Å². The van der Waals surface area contributed by atoms with Crippen molar-refractivity contribution in [3.8, 4) is 11.6 Å². The maximum atomic E-state index is 6.18. The van der Waals surface area contributed by atoms with Gasteiger partial charge < -0.3 is 15.8 Å². The van der Waals surface area contributed by atoms with Crippen LogP contribution in [0.4, 0.5) is 17.2 Å². The molecule has 0 saturated heterocycles. The minimum absolute atomic E-state index is 0.306. The molecule has 5 nitrogen and oxygen atoms in total. The molecule has 3 aromatic rings. The maximum Gasteiger partial charge on any atom is 0.248 e. The summed E-state index contributed by atoms with van der Waals surface area (Å²) in [6.45, 7) is 5.97. The van der Waals surface area contributed by atoms with Crippen LogP contribution in [-0.2, 0) is 0 Å². The molecule has 0 spiro atoms. The van der Waals surface area contributed by atoms with Crippen LogP contribution in [0.5, 0.6) is 11.6 Å². The van der Waals surface area contributed by atoms with E-state index in [2.05, 4.69) is 21.4 Å². The molecule has 1 aromatic heterocycles. The first kappa shape index (κ1) is 17.0. The molecule has 0 amide bonds. The summed E-state index contributed by atoms with van der Waals surface area (Å²) in [4.78, 5) is 8.34. The highest BCUT2D eigenvalue weighted by molar-refractivity contribution is 6.31. The van der Waals surface area contributed by atoms with Crippen molar-refractivity contribution in [3.05, 3.63) is 64.4 Å². The lowest BCUT2D eigenvalue weighted by Crippen LogP contribution is -2.03. The summed E-state index contributed by atoms with van der Waals surface area (Å²) in [5.74, 6) is 1.46. The number of nitrogens with zero attached hydrogens (tertiary/aromatic N) is 2. The van der Waals surface area contributed by atoms with E-state index in [1.165, 1.54) is 6.33 Å². The fraction of sp³-hybridized carbons (Fsp3) is 0.158. The van der Waals surface area contributed by atoms with Crippen LogP contribution in [0.25, 0.3) is 0 Å². The number of hydrogen-bond donors (Lipinski definition) is 2. The Balaban J connectivity index is 1.87. The first-order valence-corrected chi connectivity index (χ1v) is 8.20. The molecule has 25 heavy (non-hydrogen) atoms. The summed E-state index contributed by atoms with van der Waals surface area (Å²) < 4.78 is 5.85. The Bertz CT molecular complexity index is 907. The Kier molecular flexibility index (Phi) is 4.76. The predicted molar refractivity (Wildman–Crippen MR) is 102 cm³/mol. The van der Waals surface area contributed by atoms with E-state index in [1.807, 2.05) is 51.1 Å². The normalized spacial score (nSPS) is 10.6. The second-order valence-corrected chi connectivity index (χ2v) is 6.36. The number of aryl methyl sites for hydroxylation is 3. The molecule has 2 aromatic carbocycles. The van der Waals surface area contributed by atoms with Gasteiger partial charge in [0.15, 0.2) is 5.82 Å². The third kappa shape index (κ3) is 4.00. The molecule has 0 aliphatic carbocycles. The van der Waals surface area contributed by atoms with Gasteiger partial charge in [-0.3, -0.25) is 0 Å². The molecule has 0 aliphatic rings. The van der Waals surface area contributed by atoms with Crippen LogP contribution in [-0.4, -0.2) is 9.97 Å². The monoisotopic (exact) mass is 354 g/mol. The maximum absolute atomic E-state index is 6.18. The number of rotatable bonds is 4. The van der Waals surface area contributed by atoms with Crippen molar-refractivity contribution in [2.75, 3.05) is 11.1 Å². The largest absolute Gasteiger partial charge is 0.437 e. The van der Waals surface area contributed by atoms with Crippen LogP contribution in [0, 0.1) is 20.8 Å². The molecule has 6 heteroatoms. The lowest BCUT2D eigenvalue weighted by molar-refractivity contribution is 0.464. The minimum Gasteiger partial charge on any atom is -0.437 e. The molecule has 0 atom stereocenters. The van der Waals surface area contributed by atoms with Gasteiger partial charge in [-0.15, -0.1) is 0 Å². The van der Waals surface area contributed by atoms with Crippen LogP contribution in [0.1, 0.15) is 16.7 Å². The molecule has 0 radical (unpaired) electrons. The minimum atomic E-state index is 0.306. The zero-order chi connectivity index (χ0) is 18.0. The van der Waals surface area contributed by atoms with Crippen LogP contribution in [0.15, 0.2) is 42.7 Å². The van der Waals surface area contributed by atoms with Crippen molar-refractivity contribution in [3.63, 3.8) is 0 Å². The van der Waals surface area contributed by atoms with Gasteiger partial charge in [-0.1, -0.05) is 23.7 Å². The predicted octanol–water partition coefficient (Wildman–Crippen LogP) is 5.17. The molecule has 0 aliphatic heterocycles. The summed E-state index contributed by atoms with van der Waals surface area (Å²) in [7, 11) is 0. The van der Waals surface area contributed by atoms with Gasteiger partial charge in [0.2, 0.25) is 5.88 Å². The molecule has 0 fully saturated rings. The van der Waals surface area contributed by atoms with Gasteiger partial charge in [0, 0.05) is 10.7 Å².